The smallest absolute Gasteiger partial charge is 0.0731 e. The second-order valence-electron chi connectivity index (χ2n) is 5.38. The van der Waals surface area contributed by atoms with Gasteiger partial charge >= 0.3 is 0 Å². The van der Waals surface area contributed by atoms with Crippen molar-refractivity contribution in [1.29, 1.82) is 0 Å². The van der Waals surface area contributed by atoms with Gasteiger partial charge in [-0.1, -0.05) is 6.92 Å². The Morgan fingerprint density at radius 1 is 1.00 bits per heavy atom. The van der Waals surface area contributed by atoms with Crippen molar-refractivity contribution >= 4 is 0 Å². The lowest BCUT2D eigenvalue weighted by atomic mass is 9.89. The van der Waals surface area contributed by atoms with E-state index in [1.54, 1.807) is 0 Å². The van der Waals surface area contributed by atoms with Crippen LogP contribution in [0.4, 0.5) is 0 Å². The first kappa shape index (κ1) is 11.4. The summed E-state index contributed by atoms with van der Waals surface area (Å²) in [6, 6.07) is 0.615. The van der Waals surface area contributed by atoms with Gasteiger partial charge in [-0.15, -0.1) is 0 Å². The monoisotopic (exact) mass is 211 g/mol. The molecule has 2 saturated carbocycles. The summed E-state index contributed by atoms with van der Waals surface area (Å²) in [7, 11) is 2.06. The minimum absolute atomic E-state index is 0.494. The van der Waals surface area contributed by atoms with Crippen LogP contribution in [0.25, 0.3) is 0 Å². The van der Waals surface area contributed by atoms with E-state index in [1.165, 1.54) is 44.9 Å². The first-order valence-corrected chi connectivity index (χ1v) is 6.62. The average molecular weight is 211 g/mol. The summed E-state index contributed by atoms with van der Waals surface area (Å²) in [6.45, 7) is 2.36. The van der Waals surface area contributed by atoms with E-state index in [0.29, 0.717) is 18.2 Å². The van der Waals surface area contributed by atoms with Gasteiger partial charge in [0.15, 0.2) is 0 Å². The Kier molecular flexibility index (Phi) is 4.04. The molecule has 88 valence electrons. The van der Waals surface area contributed by atoms with Crippen molar-refractivity contribution in [3.63, 3.8) is 0 Å². The van der Waals surface area contributed by atoms with Crippen LogP contribution < -0.4 is 5.32 Å². The average Bonchev–Trinajstić information content (AvgIpc) is 2.69. The highest BCUT2D eigenvalue weighted by Crippen LogP contribution is 2.30. The standard InChI is InChI=1S/C13H25NO/c1-10-6-8-11(9-7-10)15-13-5-3-4-12(13)14-2/h10-14H,3-9H2,1-2H3. The Morgan fingerprint density at radius 2 is 1.73 bits per heavy atom. The lowest BCUT2D eigenvalue weighted by molar-refractivity contribution is -0.0418. The highest BCUT2D eigenvalue weighted by atomic mass is 16.5. The largest absolute Gasteiger partial charge is 0.373 e. The third kappa shape index (κ3) is 2.94. The molecule has 0 aromatic carbocycles. The highest BCUT2D eigenvalue weighted by Gasteiger charge is 2.30. The molecule has 0 radical (unpaired) electrons. The van der Waals surface area contributed by atoms with Gasteiger partial charge < -0.3 is 10.1 Å². The molecule has 2 heteroatoms. The first-order valence-electron chi connectivity index (χ1n) is 6.62. The van der Waals surface area contributed by atoms with Crippen LogP contribution in [0.15, 0.2) is 0 Å². The minimum Gasteiger partial charge on any atom is -0.373 e. The van der Waals surface area contributed by atoms with Crippen LogP contribution in [0.1, 0.15) is 51.9 Å². The Labute approximate surface area is 93.8 Å². The highest BCUT2D eigenvalue weighted by molar-refractivity contribution is 4.84. The number of nitrogens with one attached hydrogen (secondary N) is 1. The fourth-order valence-corrected chi connectivity index (χ4v) is 3.03. The Balaban J connectivity index is 1.76. The Hall–Kier alpha value is -0.0800. The maximum atomic E-state index is 6.24. The normalized spacial score (nSPS) is 42.0. The molecule has 0 saturated heterocycles. The summed E-state index contributed by atoms with van der Waals surface area (Å²) in [5.74, 6) is 0.925. The lowest BCUT2D eigenvalue weighted by Crippen LogP contribution is -2.38. The summed E-state index contributed by atoms with van der Waals surface area (Å²) in [4.78, 5) is 0. The number of hydrogen-bond donors (Lipinski definition) is 1. The maximum Gasteiger partial charge on any atom is 0.0731 e. The number of likely N-dealkylation sites (N-methyl/N-ethyl adjacent to an activating group) is 1. The zero-order valence-corrected chi connectivity index (χ0v) is 10.2. The predicted octanol–water partition coefficient (Wildman–Crippen LogP) is 2.72. The molecule has 0 amide bonds. The zero-order valence-electron chi connectivity index (χ0n) is 10.2. The Bertz CT molecular complexity index is 187. The molecule has 0 aliphatic heterocycles. The molecule has 0 heterocycles. The second kappa shape index (κ2) is 5.31. The molecule has 2 aliphatic rings. The lowest BCUT2D eigenvalue weighted by Gasteiger charge is -2.30. The van der Waals surface area contributed by atoms with Gasteiger partial charge in [-0.05, 0) is 57.9 Å². The zero-order chi connectivity index (χ0) is 10.7. The van der Waals surface area contributed by atoms with Gasteiger partial charge in [0.25, 0.3) is 0 Å². The predicted molar refractivity (Wildman–Crippen MR) is 63.0 cm³/mol. The van der Waals surface area contributed by atoms with Crippen molar-refractivity contribution in [2.75, 3.05) is 7.05 Å². The molecule has 1 N–H and O–H groups in total. The van der Waals surface area contributed by atoms with E-state index in [9.17, 15) is 0 Å². The Morgan fingerprint density at radius 3 is 2.40 bits per heavy atom. The molecule has 2 fully saturated rings. The summed E-state index contributed by atoms with van der Waals surface area (Å²) in [6.07, 6.45) is 10.2. The molecule has 15 heavy (non-hydrogen) atoms. The van der Waals surface area contributed by atoms with E-state index < -0.39 is 0 Å². The van der Waals surface area contributed by atoms with Crippen molar-refractivity contribution in [2.45, 2.75) is 70.1 Å². The fraction of sp³-hybridized carbons (Fsp3) is 1.00. The van der Waals surface area contributed by atoms with Gasteiger partial charge in [0.1, 0.15) is 0 Å². The molecule has 0 aromatic rings. The third-order valence-corrected chi connectivity index (χ3v) is 4.15. The number of ether oxygens (including phenoxy) is 1. The van der Waals surface area contributed by atoms with Crippen molar-refractivity contribution < 1.29 is 4.74 Å². The van der Waals surface area contributed by atoms with Gasteiger partial charge in [0.05, 0.1) is 12.2 Å². The van der Waals surface area contributed by atoms with E-state index >= 15 is 0 Å². The molecule has 2 unspecified atom stereocenters. The number of hydrogen-bond acceptors (Lipinski definition) is 2. The SMILES string of the molecule is CNC1CCCC1OC1CCC(C)CC1. The molecular weight excluding hydrogens is 186 g/mol. The van der Waals surface area contributed by atoms with Gasteiger partial charge in [-0.3, -0.25) is 0 Å². The van der Waals surface area contributed by atoms with Crippen LogP contribution in [-0.2, 0) is 4.74 Å². The van der Waals surface area contributed by atoms with E-state index in [4.69, 9.17) is 4.74 Å². The van der Waals surface area contributed by atoms with Crippen LogP contribution in [0.3, 0.4) is 0 Å². The molecule has 2 atom stereocenters. The van der Waals surface area contributed by atoms with Crippen molar-refractivity contribution in [3.05, 3.63) is 0 Å². The van der Waals surface area contributed by atoms with Gasteiger partial charge in [0.2, 0.25) is 0 Å². The van der Waals surface area contributed by atoms with Crippen molar-refractivity contribution in [3.8, 4) is 0 Å². The summed E-state index contributed by atoms with van der Waals surface area (Å²) < 4.78 is 6.24. The molecule has 0 spiro atoms. The van der Waals surface area contributed by atoms with Crippen LogP contribution in [0.2, 0.25) is 0 Å². The van der Waals surface area contributed by atoms with Crippen LogP contribution in [0.5, 0.6) is 0 Å². The molecule has 0 bridgehead atoms. The van der Waals surface area contributed by atoms with E-state index in [1.807, 2.05) is 0 Å². The van der Waals surface area contributed by atoms with E-state index in [0.717, 1.165) is 5.92 Å². The molecule has 0 aromatic heterocycles. The quantitative estimate of drug-likeness (QED) is 0.775. The second-order valence-corrected chi connectivity index (χ2v) is 5.38. The number of rotatable bonds is 3. The van der Waals surface area contributed by atoms with Crippen molar-refractivity contribution in [1.82, 2.24) is 5.32 Å². The van der Waals surface area contributed by atoms with Crippen LogP contribution in [0, 0.1) is 5.92 Å². The maximum absolute atomic E-state index is 6.24. The van der Waals surface area contributed by atoms with Crippen LogP contribution >= 0.6 is 0 Å². The topological polar surface area (TPSA) is 21.3 Å². The fourth-order valence-electron chi connectivity index (χ4n) is 3.03. The molecule has 2 nitrogen and oxygen atoms in total. The molecule has 2 aliphatic carbocycles. The molecule has 2 rings (SSSR count). The first-order chi connectivity index (χ1) is 7.29. The third-order valence-electron chi connectivity index (χ3n) is 4.15. The van der Waals surface area contributed by atoms with Gasteiger partial charge in [-0.2, -0.15) is 0 Å². The van der Waals surface area contributed by atoms with Gasteiger partial charge in [-0.25, -0.2) is 0 Å². The van der Waals surface area contributed by atoms with Gasteiger partial charge in [0, 0.05) is 6.04 Å². The summed E-state index contributed by atoms with van der Waals surface area (Å²) in [5.41, 5.74) is 0. The minimum atomic E-state index is 0.494. The van der Waals surface area contributed by atoms with E-state index in [2.05, 4.69) is 19.3 Å². The summed E-state index contributed by atoms with van der Waals surface area (Å²) in [5, 5.41) is 3.39. The molecular formula is C13H25NO. The van der Waals surface area contributed by atoms with E-state index in [-0.39, 0.29) is 0 Å². The van der Waals surface area contributed by atoms with Crippen LogP contribution in [-0.4, -0.2) is 25.3 Å². The van der Waals surface area contributed by atoms with Crippen molar-refractivity contribution in [2.24, 2.45) is 5.92 Å². The summed E-state index contributed by atoms with van der Waals surface area (Å²) >= 11 is 0.